The molecule has 0 radical (unpaired) electrons. The fraction of sp³-hybridized carbons (Fsp3) is 0.607. The lowest BCUT2D eigenvalue weighted by Gasteiger charge is -2.42. The molecule has 7 rings (SSSR count). The summed E-state index contributed by atoms with van der Waals surface area (Å²) >= 11 is 3.19. The van der Waals surface area contributed by atoms with Gasteiger partial charge in [0, 0.05) is 49.7 Å². The highest BCUT2D eigenvalue weighted by Gasteiger charge is 2.46. The first-order valence-electron chi connectivity index (χ1n) is 14.4. The van der Waals surface area contributed by atoms with Gasteiger partial charge in [0.1, 0.15) is 18.2 Å². The number of carbonyl (C=O) groups excluding carboxylic acids is 1. The summed E-state index contributed by atoms with van der Waals surface area (Å²) < 4.78 is 15.4. The van der Waals surface area contributed by atoms with Gasteiger partial charge in [-0.3, -0.25) is 4.57 Å². The molecule has 0 N–H and O–H groups in total. The fourth-order valence-corrected chi connectivity index (χ4v) is 8.27. The van der Waals surface area contributed by atoms with Crippen molar-refractivity contribution in [2.45, 2.75) is 95.7 Å². The molecule has 0 aromatic carbocycles. The molecule has 0 spiro atoms. The van der Waals surface area contributed by atoms with Gasteiger partial charge in [-0.25, -0.2) is 24.4 Å². The zero-order valence-electron chi connectivity index (χ0n) is 23.9. The Morgan fingerprint density at radius 1 is 1.07 bits per heavy atom. The number of nitrogens with zero attached hydrogens (tertiary/aromatic N) is 8. The Bertz CT molecular complexity index is 1500. The zero-order valence-corrected chi connectivity index (χ0v) is 25.5. The van der Waals surface area contributed by atoms with E-state index in [4.69, 9.17) is 19.4 Å². The van der Waals surface area contributed by atoms with Gasteiger partial charge in [-0.05, 0) is 65.7 Å². The van der Waals surface area contributed by atoms with Crippen LogP contribution in [-0.2, 0) is 9.47 Å². The number of piperidine rings is 1. The lowest BCUT2D eigenvalue weighted by molar-refractivity contribution is -0.0394. The van der Waals surface area contributed by atoms with Crippen molar-refractivity contribution in [3.63, 3.8) is 0 Å². The third-order valence-corrected chi connectivity index (χ3v) is 10.4. The molecule has 4 aromatic heterocycles. The van der Waals surface area contributed by atoms with Crippen molar-refractivity contribution in [1.82, 2.24) is 34.2 Å². The molecule has 7 heterocycles. The van der Waals surface area contributed by atoms with Crippen LogP contribution < -0.4 is 4.90 Å². The van der Waals surface area contributed by atoms with Crippen LogP contribution in [0, 0.1) is 0 Å². The summed E-state index contributed by atoms with van der Waals surface area (Å²) in [6.45, 7) is 6.57. The minimum absolute atomic E-state index is 0.0106. The van der Waals surface area contributed by atoms with E-state index in [1.54, 1.807) is 29.0 Å². The topological polar surface area (TPSA) is 103 Å². The lowest BCUT2D eigenvalue weighted by Crippen LogP contribution is -2.53. The molecule has 218 valence electrons. The van der Waals surface area contributed by atoms with E-state index in [0.717, 1.165) is 82.7 Å². The third-order valence-electron chi connectivity index (χ3n) is 8.27. The van der Waals surface area contributed by atoms with E-state index in [2.05, 4.69) is 22.0 Å². The normalized spacial score (nSPS) is 24.7. The Hall–Kier alpha value is -3.03. The number of amides is 1. The van der Waals surface area contributed by atoms with Gasteiger partial charge in [-0.2, -0.15) is 5.10 Å². The summed E-state index contributed by atoms with van der Waals surface area (Å²) in [4.78, 5) is 33.5. The lowest BCUT2D eigenvalue weighted by atomic mass is 9.97. The van der Waals surface area contributed by atoms with Crippen molar-refractivity contribution < 1.29 is 14.3 Å². The van der Waals surface area contributed by atoms with Crippen molar-refractivity contribution in [3.05, 3.63) is 24.9 Å². The zero-order chi connectivity index (χ0) is 28.3. The van der Waals surface area contributed by atoms with Crippen LogP contribution >= 0.6 is 22.7 Å². The summed E-state index contributed by atoms with van der Waals surface area (Å²) in [7, 11) is 2.12. The van der Waals surface area contributed by atoms with Crippen LogP contribution in [0.3, 0.4) is 0 Å². The molecular formula is C28H36N8O3S2. The first-order chi connectivity index (χ1) is 19.7. The van der Waals surface area contributed by atoms with Gasteiger partial charge in [0.25, 0.3) is 0 Å². The van der Waals surface area contributed by atoms with Crippen LogP contribution in [0.2, 0.25) is 0 Å². The highest BCUT2D eigenvalue weighted by molar-refractivity contribution is 7.29. The van der Waals surface area contributed by atoms with Gasteiger partial charge in [-0.1, -0.05) is 22.7 Å². The molecule has 3 fully saturated rings. The Labute approximate surface area is 247 Å². The maximum absolute atomic E-state index is 12.9. The number of hydrogen-bond donors (Lipinski definition) is 0. The van der Waals surface area contributed by atoms with E-state index < -0.39 is 5.60 Å². The molecule has 11 nitrogen and oxygen atoms in total. The van der Waals surface area contributed by atoms with Crippen LogP contribution in [-0.4, -0.2) is 77.7 Å². The van der Waals surface area contributed by atoms with Crippen LogP contribution in [0.5, 0.6) is 0 Å². The molecular weight excluding hydrogens is 560 g/mol. The number of ether oxygens (including phenoxy) is 2. The second kappa shape index (κ2) is 10.4. The second-order valence-corrected chi connectivity index (χ2v) is 14.2. The standard InChI is InChI=1S/C28H36N8O3S2/c1-28(2,3)39-27(37)36-18-8-9-19(36)12-20(11-18)33(4)25-31-23-24(40-25)32-26(41-23)34-15-21(29-16-34)17-13-30-35(14-17)22-7-5-6-10-38-22/h13-16,18-20,22H,5-12H2,1-4H3/t18-,19+,20?,22?. The van der Waals surface area contributed by atoms with E-state index in [1.807, 2.05) is 53.5 Å². The molecule has 2 bridgehead atoms. The molecule has 0 saturated carbocycles. The van der Waals surface area contributed by atoms with Gasteiger partial charge >= 0.3 is 6.09 Å². The summed E-state index contributed by atoms with van der Waals surface area (Å²) in [5.74, 6) is 0. The molecule has 13 heteroatoms. The van der Waals surface area contributed by atoms with E-state index in [1.165, 1.54) is 0 Å². The molecule has 4 aromatic rings. The molecule has 3 aliphatic rings. The Morgan fingerprint density at radius 2 is 1.85 bits per heavy atom. The molecule has 1 amide bonds. The van der Waals surface area contributed by atoms with Crippen molar-refractivity contribution in [2.75, 3.05) is 18.6 Å². The van der Waals surface area contributed by atoms with Crippen LogP contribution in [0.15, 0.2) is 24.9 Å². The quantitative estimate of drug-likeness (QED) is 0.282. The Balaban J connectivity index is 1.03. The number of fused-ring (bicyclic) bond motifs is 3. The molecule has 0 aliphatic carbocycles. The van der Waals surface area contributed by atoms with E-state index in [0.29, 0.717) is 6.04 Å². The SMILES string of the molecule is CN(c1nc2sc(-n3cnc(-c4cnn(C5CCCCO5)c4)c3)nc2s1)C1C[C@H]2CC[C@@H](C1)N2C(=O)OC(C)(C)C. The van der Waals surface area contributed by atoms with Gasteiger partial charge in [0.15, 0.2) is 19.9 Å². The van der Waals surface area contributed by atoms with Crippen molar-refractivity contribution in [2.24, 2.45) is 0 Å². The minimum atomic E-state index is -0.478. The first kappa shape index (κ1) is 26.8. The van der Waals surface area contributed by atoms with Crippen molar-refractivity contribution in [1.29, 1.82) is 0 Å². The summed E-state index contributed by atoms with van der Waals surface area (Å²) in [5.41, 5.74) is 1.34. The summed E-state index contributed by atoms with van der Waals surface area (Å²) in [6.07, 6.45) is 14.7. The van der Waals surface area contributed by atoms with Crippen LogP contribution in [0.4, 0.5) is 9.93 Å². The maximum atomic E-state index is 12.9. The molecule has 3 aliphatic heterocycles. The number of anilines is 1. The molecule has 2 unspecified atom stereocenters. The predicted molar refractivity (Wildman–Crippen MR) is 159 cm³/mol. The van der Waals surface area contributed by atoms with E-state index in [-0.39, 0.29) is 24.4 Å². The predicted octanol–water partition coefficient (Wildman–Crippen LogP) is 5.87. The van der Waals surface area contributed by atoms with Crippen LogP contribution in [0.1, 0.15) is 71.9 Å². The van der Waals surface area contributed by atoms with Gasteiger partial charge in [-0.15, -0.1) is 0 Å². The fourth-order valence-electron chi connectivity index (χ4n) is 6.25. The average molecular weight is 597 g/mol. The average Bonchev–Trinajstić information content (AvgIpc) is 3.75. The highest BCUT2D eigenvalue weighted by atomic mass is 32.1. The monoisotopic (exact) mass is 596 g/mol. The molecule has 3 saturated heterocycles. The number of aromatic nitrogens is 6. The number of thiazole rings is 2. The Kier molecular flexibility index (Phi) is 6.78. The van der Waals surface area contributed by atoms with Crippen molar-refractivity contribution >= 4 is 43.6 Å². The number of carbonyl (C=O) groups is 1. The van der Waals surface area contributed by atoms with Gasteiger partial charge in [0.05, 0.1) is 11.9 Å². The van der Waals surface area contributed by atoms with E-state index in [9.17, 15) is 4.79 Å². The minimum Gasteiger partial charge on any atom is -0.444 e. The third kappa shape index (κ3) is 5.23. The molecule has 41 heavy (non-hydrogen) atoms. The summed E-state index contributed by atoms with van der Waals surface area (Å²) in [5, 5.41) is 6.34. The van der Waals surface area contributed by atoms with Gasteiger partial charge in [0.2, 0.25) is 0 Å². The number of imidazole rings is 1. The Morgan fingerprint density at radius 3 is 2.56 bits per heavy atom. The largest absolute Gasteiger partial charge is 0.444 e. The maximum Gasteiger partial charge on any atom is 0.410 e. The van der Waals surface area contributed by atoms with Crippen LogP contribution in [0.25, 0.3) is 26.0 Å². The summed E-state index contributed by atoms with van der Waals surface area (Å²) in [6, 6.07) is 0.779. The smallest absolute Gasteiger partial charge is 0.410 e. The van der Waals surface area contributed by atoms with Crippen molar-refractivity contribution in [3.8, 4) is 16.4 Å². The number of rotatable bonds is 5. The van der Waals surface area contributed by atoms with Gasteiger partial charge < -0.3 is 19.3 Å². The number of hydrogen-bond acceptors (Lipinski definition) is 10. The second-order valence-electron chi connectivity index (χ2n) is 12.3. The highest BCUT2D eigenvalue weighted by Crippen LogP contribution is 2.41. The first-order valence-corrected chi connectivity index (χ1v) is 16.1. The van der Waals surface area contributed by atoms with E-state index >= 15 is 0 Å². The molecule has 4 atom stereocenters.